The van der Waals surface area contributed by atoms with Crippen LogP contribution >= 0.6 is 0 Å². The number of esters is 1. The van der Waals surface area contributed by atoms with Crippen LogP contribution in [0.1, 0.15) is 83.3 Å². The molecule has 0 aliphatic heterocycles. The van der Waals surface area contributed by atoms with Crippen LogP contribution in [0.2, 0.25) is 0 Å². The number of carbonyl (C=O) groups is 3. The molecule has 0 fully saturated rings. The molecule has 47 heavy (non-hydrogen) atoms. The van der Waals surface area contributed by atoms with Gasteiger partial charge in [0.2, 0.25) is 17.5 Å². The lowest BCUT2D eigenvalue weighted by molar-refractivity contribution is -0.156. The number of amides is 1. The number of rotatable bonds is 11. The molecule has 0 aliphatic carbocycles. The lowest BCUT2D eigenvalue weighted by Gasteiger charge is -2.24. The molecule has 1 N–H and O–H groups in total. The fourth-order valence-corrected chi connectivity index (χ4v) is 4.83. The molecule has 0 spiro atoms. The Kier molecular flexibility index (Phi) is 11.4. The number of aromatic nitrogens is 2. The van der Waals surface area contributed by atoms with Crippen molar-refractivity contribution in [2.75, 3.05) is 6.61 Å². The first kappa shape index (κ1) is 36.9. The Labute approximate surface area is 270 Å². The number of carbonyl (C=O) groups excluding carboxylic acids is 3. The molecule has 0 aliphatic rings. The molecular formula is C34H39F4N3O6. The van der Waals surface area contributed by atoms with Crippen LogP contribution in [0, 0.1) is 30.2 Å². The molecule has 3 aromatic rings. The second-order valence-electron chi connectivity index (χ2n) is 13.2. The fourth-order valence-electron chi connectivity index (χ4n) is 4.83. The van der Waals surface area contributed by atoms with Crippen LogP contribution in [0.25, 0.3) is 0 Å². The first-order valence-corrected chi connectivity index (χ1v) is 14.9. The molecular weight excluding hydrogens is 622 g/mol. The highest BCUT2D eigenvalue weighted by Crippen LogP contribution is 2.28. The van der Waals surface area contributed by atoms with Crippen LogP contribution in [0.3, 0.4) is 0 Å². The van der Waals surface area contributed by atoms with E-state index in [0.717, 1.165) is 15.8 Å². The number of aryl methyl sites for hydroxylation is 1. The molecule has 9 nitrogen and oxygen atoms in total. The normalized spacial score (nSPS) is 13.1. The Morgan fingerprint density at radius 3 is 2.11 bits per heavy atom. The lowest BCUT2D eigenvalue weighted by atomic mass is 9.82. The van der Waals surface area contributed by atoms with Gasteiger partial charge in [-0.1, -0.05) is 45.0 Å². The largest absolute Gasteiger partial charge is 0.479 e. The summed E-state index contributed by atoms with van der Waals surface area (Å²) in [7, 11) is 0. The monoisotopic (exact) mass is 661 g/mol. The maximum absolute atomic E-state index is 14.1. The number of Topliss-reactive ketones (excluding diaryl/α,β-unsaturated/α-hetero) is 1. The van der Waals surface area contributed by atoms with E-state index in [9.17, 15) is 36.7 Å². The van der Waals surface area contributed by atoms with Crippen molar-refractivity contribution in [3.63, 3.8) is 0 Å². The Morgan fingerprint density at radius 1 is 0.936 bits per heavy atom. The fraction of sp³-hybridized carbons (Fsp3) is 0.441. The summed E-state index contributed by atoms with van der Waals surface area (Å²) in [5.41, 5.74) is 1.04. The number of ketones is 1. The maximum atomic E-state index is 14.1. The van der Waals surface area contributed by atoms with Crippen LogP contribution in [0.4, 0.5) is 17.6 Å². The predicted octanol–water partition coefficient (Wildman–Crippen LogP) is 5.42. The summed E-state index contributed by atoms with van der Waals surface area (Å²) in [5.74, 6) is -11.6. The van der Waals surface area contributed by atoms with Gasteiger partial charge in [-0.05, 0) is 57.2 Å². The van der Waals surface area contributed by atoms with E-state index in [1.54, 1.807) is 33.8 Å². The third-order valence-corrected chi connectivity index (χ3v) is 7.01. The molecule has 1 heterocycles. The van der Waals surface area contributed by atoms with Gasteiger partial charge in [-0.3, -0.25) is 19.2 Å². The van der Waals surface area contributed by atoms with Crippen LogP contribution in [0.15, 0.2) is 41.2 Å². The van der Waals surface area contributed by atoms with Crippen molar-refractivity contribution < 1.29 is 41.4 Å². The van der Waals surface area contributed by atoms with Crippen LogP contribution in [-0.2, 0) is 31.0 Å². The molecule has 2 aromatic carbocycles. The van der Waals surface area contributed by atoms with E-state index in [1.807, 2.05) is 24.3 Å². The lowest BCUT2D eigenvalue weighted by Crippen LogP contribution is -2.48. The third-order valence-electron chi connectivity index (χ3n) is 7.01. The van der Waals surface area contributed by atoms with E-state index in [0.29, 0.717) is 11.3 Å². The first-order valence-electron chi connectivity index (χ1n) is 14.9. The minimum Gasteiger partial charge on any atom is -0.479 e. The molecule has 254 valence electrons. The van der Waals surface area contributed by atoms with E-state index in [1.165, 1.54) is 6.92 Å². The number of nitrogens with zero attached hydrogens (tertiary/aromatic N) is 2. The summed E-state index contributed by atoms with van der Waals surface area (Å²) in [4.78, 5) is 52.8. The van der Waals surface area contributed by atoms with Crippen LogP contribution < -0.4 is 15.6 Å². The van der Waals surface area contributed by atoms with Gasteiger partial charge in [-0.15, -0.1) is 0 Å². The molecule has 1 amide bonds. The predicted molar refractivity (Wildman–Crippen MR) is 165 cm³/mol. The summed E-state index contributed by atoms with van der Waals surface area (Å²) in [6.45, 7) is 12.7. The van der Waals surface area contributed by atoms with Gasteiger partial charge in [0.1, 0.15) is 24.3 Å². The Hall–Kier alpha value is -4.55. The van der Waals surface area contributed by atoms with E-state index in [-0.39, 0.29) is 17.9 Å². The molecule has 1 aromatic heterocycles. The van der Waals surface area contributed by atoms with Gasteiger partial charge >= 0.3 is 5.97 Å². The zero-order valence-electron chi connectivity index (χ0n) is 27.6. The van der Waals surface area contributed by atoms with Crippen molar-refractivity contribution in [2.24, 2.45) is 0 Å². The average Bonchev–Trinajstić information content (AvgIpc) is 2.95. The van der Waals surface area contributed by atoms with Gasteiger partial charge in [0.05, 0.1) is 12.1 Å². The number of hydrogen-bond donors (Lipinski definition) is 1. The van der Waals surface area contributed by atoms with Crippen molar-refractivity contribution in [2.45, 2.75) is 91.3 Å². The molecule has 13 heteroatoms. The summed E-state index contributed by atoms with van der Waals surface area (Å²) >= 11 is 0. The zero-order chi connectivity index (χ0) is 35.4. The summed E-state index contributed by atoms with van der Waals surface area (Å²) in [6, 6.07) is 6.31. The highest BCUT2D eigenvalue weighted by molar-refractivity contribution is 5.93. The molecule has 0 radical (unpaired) electrons. The molecule has 2 atom stereocenters. The summed E-state index contributed by atoms with van der Waals surface area (Å²) in [6.07, 6.45) is -0.472. The minimum absolute atomic E-state index is 0.0255. The highest BCUT2D eigenvalue weighted by atomic mass is 19.2. The van der Waals surface area contributed by atoms with E-state index in [4.69, 9.17) is 9.47 Å². The average molecular weight is 662 g/mol. The van der Waals surface area contributed by atoms with E-state index in [2.05, 4.69) is 31.2 Å². The topological polar surface area (TPSA) is 117 Å². The van der Waals surface area contributed by atoms with Crippen LogP contribution in [-0.4, -0.2) is 45.7 Å². The molecule has 0 saturated heterocycles. The zero-order valence-corrected chi connectivity index (χ0v) is 27.6. The van der Waals surface area contributed by atoms with Crippen molar-refractivity contribution in [3.05, 3.63) is 92.4 Å². The smallest absolute Gasteiger partial charge is 0.308 e. The molecule has 0 saturated carbocycles. The van der Waals surface area contributed by atoms with Crippen molar-refractivity contribution in [1.29, 1.82) is 0 Å². The van der Waals surface area contributed by atoms with E-state index >= 15 is 0 Å². The second-order valence-corrected chi connectivity index (χ2v) is 13.2. The number of hydrogen-bond acceptors (Lipinski definition) is 7. The highest BCUT2D eigenvalue weighted by Gasteiger charge is 2.31. The van der Waals surface area contributed by atoms with Gasteiger partial charge in [-0.25, -0.2) is 13.5 Å². The number of halogens is 4. The maximum Gasteiger partial charge on any atom is 0.308 e. The summed E-state index contributed by atoms with van der Waals surface area (Å²) < 4.78 is 66.5. The number of nitrogens with one attached hydrogen (secondary N) is 1. The molecule has 3 rings (SSSR count). The second kappa shape index (κ2) is 14.5. The Morgan fingerprint density at radius 2 is 1.53 bits per heavy atom. The number of ether oxygens (including phenoxy) is 2. The Balaban J connectivity index is 1.90. The molecule has 0 bridgehead atoms. The van der Waals surface area contributed by atoms with Crippen molar-refractivity contribution in [1.82, 2.24) is 15.1 Å². The van der Waals surface area contributed by atoms with Gasteiger partial charge in [0.25, 0.3) is 5.56 Å². The van der Waals surface area contributed by atoms with Gasteiger partial charge in [0.15, 0.2) is 23.2 Å². The number of benzene rings is 2. The summed E-state index contributed by atoms with van der Waals surface area (Å²) in [5, 5.41) is 6.59. The third kappa shape index (κ3) is 9.49. The van der Waals surface area contributed by atoms with Gasteiger partial charge < -0.3 is 14.8 Å². The Bertz CT molecular complexity index is 1700. The SMILES string of the molecule is Cc1cc(Cc2ccccc2C(C)(C)C)c(=O)n(C(C)C(=O)N[C@@H](CC(=O)OC(C)(C)C)C(=O)COc2c(F)c(F)cc(F)c2F)n1. The standard InChI is InChI=1S/C34H39F4N3O6/c1-18-13-21(14-20-11-9-10-12-22(20)33(3,4)5)32(45)41(40-18)19(2)31(44)39-25(16-27(43)47-34(6,7)8)26(42)17-46-30-28(37)23(35)15-24(36)29(30)38/h9-13,15,19,25H,14,16-17H2,1-8H3,(H,39,44)/t19?,25-/m0/s1. The quantitative estimate of drug-likeness (QED) is 0.166. The minimum atomic E-state index is -1.87. The first-order chi connectivity index (χ1) is 21.7. The van der Waals surface area contributed by atoms with Crippen molar-refractivity contribution >= 4 is 17.7 Å². The van der Waals surface area contributed by atoms with Crippen molar-refractivity contribution in [3.8, 4) is 5.75 Å². The molecule has 1 unspecified atom stereocenters. The van der Waals surface area contributed by atoms with Gasteiger partial charge in [-0.2, -0.15) is 13.9 Å². The van der Waals surface area contributed by atoms with E-state index < -0.39 is 82.9 Å². The van der Waals surface area contributed by atoms with Gasteiger partial charge in [0, 0.05) is 18.1 Å². The van der Waals surface area contributed by atoms with Crippen LogP contribution in [0.5, 0.6) is 5.75 Å².